The Morgan fingerprint density at radius 3 is 2.50 bits per heavy atom. The van der Waals surface area contributed by atoms with E-state index < -0.39 is 0 Å². The van der Waals surface area contributed by atoms with Crippen LogP contribution in [0.3, 0.4) is 0 Å². The van der Waals surface area contributed by atoms with E-state index in [0.717, 1.165) is 27.6 Å². The molecule has 0 spiro atoms. The van der Waals surface area contributed by atoms with Gasteiger partial charge in [0, 0.05) is 10.8 Å². The lowest BCUT2D eigenvalue weighted by atomic mass is 10.2. The molecule has 0 bridgehead atoms. The summed E-state index contributed by atoms with van der Waals surface area (Å²) < 4.78 is 7.46. The number of aromatic nitrogens is 4. The molecule has 30 heavy (non-hydrogen) atoms. The van der Waals surface area contributed by atoms with Gasteiger partial charge >= 0.3 is 0 Å². The summed E-state index contributed by atoms with van der Waals surface area (Å²) in [6.45, 7) is 0.542. The van der Waals surface area contributed by atoms with Gasteiger partial charge in [0.25, 0.3) is 0 Å². The van der Waals surface area contributed by atoms with Gasteiger partial charge in [0.15, 0.2) is 11.5 Å². The molecule has 0 fully saturated rings. The first kappa shape index (κ1) is 17.8. The number of anilines is 1. The van der Waals surface area contributed by atoms with Crippen LogP contribution in [-0.2, 0) is 6.61 Å². The first-order chi connectivity index (χ1) is 14.9. The van der Waals surface area contributed by atoms with Crippen LogP contribution >= 0.6 is 0 Å². The molecule has 5 rings (SSSR count). The van der Waals surface area contributed by atoms with Gasteiger partial charge in [-0.2, -0.15) is 9.62 Å². The van der Waals surface area contributed by atoms with Gasteiger partial charge in [-0.25, -0.2) is 0 Å². The number of rotatable bonds is 6. The van der Waals surface area contributed by atoms with Gasteiger partial charge in [-0.3, -0.25) is 5.43 Å². The van der Waals surface area contributed by atoms with Gasteiger partial charge in [0.05, 0.1) is 6.21 Å². The van der Waals surface area contributed by atoms with E-state index >= 15 is 0 Å². The van der Waals surface area contributed by atoms with E-state index in [1.807, 2.05) is 78.9 Å². The lowest BCUT2D eigenvalue weighted by Gasteiger charge is -2.07. The van der Waals surface area contributed by atoms with E-state index in [9.17, 15) is 0 Å². The smallest absolute Gasteiger partial charge is 0.185 e. The number of nitrogens with zero attached hydrogens (tertiary/aromatic N) is 5. The Bertz CT molecular complexity index is 1310. The zero-order chi connectivity index (χ0) is 20.2. The third kappa shape index (κ3) is 3.68. The monoisotopic (exact) mass is 394 g/mol. The maximum atomic E-state index is 5.82. The third-order valence-electron chi connectivity index (χ3n) is 4.67. The normalized spacial score (nSPS) is 11.3. The predicted molar refractivity (Wildman–Crippen MR) is 117 cm³/mol. The Labute approximate surface area is 172 Å². The summed E-state index contributed by atoms with van der Waals surface area (Å²) >= 11 is 0. The fourth-order valence-corrected chi connectivity index (χ4v) is 3.17. The van der Waals surface area contributed by atoms with E-state index in [-0.39, 0.29) is 0 Å². The Kier molecular flexibility index (Phi) is 4.75. The van der Waals surface area contributed by atoms with E-state index in [1.54, 1.807) is 17.1 Å². The van der Waals surface area contributed by atoms with Crippen LogP contribution in [0.1, 0.15) is 11.1 Å². The molecular formula is C23H18N6O. The number of ether oxygens (including phenoxy) is 1. The Morgan fingerprint density at radius 2 is 1.67 bits per heavy atom. The van der Waals surface area contributed by atoms with Gasteiger partial charge in [0.1, 0.15) is 18.7 Å². The first-order valence-corrected chi connectivity index (χ1v) is 9.51. The molecule has 1 N–H and O–H groups in total. The molecule has 0 saturated heterocycles. The highest BCUT2D eigenvalue weighted by Crippen LogP contribution is 2.23. The quantitative estimate of drug-likeness (QED) is 0.343. The number of benzene rings is 3. The fraction of sp³-hybridized carbons (Fsp3) is 0.0435. The molecule has 0 amide bonds. The molecule has 0 unspecified atom stereocenters. The van der Waals surface area contributed by atoms with Crippen LogP contribution in [-0.4, -0.2) is 26.0 Å². The molecule has 3 aromatic carbocycles. The van der Waals surface area contributed by atoms with Crippen molar-refractivity contribution in [2.45, 2.75) is 6.61 Å². The van der Waals surface area contributed by atoms with Crippen LogP contribution in [0.2, 0.25) is 0 Å². The molecule has 0 saturated carbocycles. The summed E-state index contributed by atoms with van der Waals surface area (Å²) in [5, 5.41) is 18.8. The Balaban J connectivity index is 1.29. The third-order valence-corrected chi connectivity index (χ3v) is 4.67. The summed E-state index contributed by atoms with van der Waals surface area (Å²) in [5.74, 6) is 1.45. The van der Waals surface area contributed by atoms with Crippen molar-refractivity contribution in [1.29, 1.82) is 0 Å². The minimum absolute atomic E-state index is 0.542. The molecular weight excluding hydrogens is 376 g/mol. The first-order valence-electron chi connectivity index (χ1n) is 9.51. The van der Waals surface area contributed by atoms with Crippen molar-refractivity contribution in [2.24, 2.45) is 5.10 Å². The van der Waals surface area contributed by atoms with Crippen LogP contribution in [0.5, 0.6) is 5.75 Å². The van der Waals surface area contributed by atoms with E-state index in [0.29, 0.717) is 18.1 Å². The summed E-state index contributed by atoms with van der Waals surface area (Å²) in [7, 11) is 0. The molecule has 7 heteroatoms. The molecule has 0 aliphatic rings. The van der Waals surface area contributed by atoms with Gasteiger partial charge in [-0.1, -0.05) is 54.6 Å². The largest absolute Gasteiger partial charge is 0.489 e. The van der Waals surface area contributed by atoms with Crippen molar-refractivity contribution in [3.63, 3.8) is 0 Å². The average Bonchev–Trinajstić information content (AvgIpc) is 3.28. The highest BCUT2D eigenvalue weighted by molar-refractivity contribution is 5.99. The lowest BCUT2D eigenvalue weighted by molar-refractivity contribution is 0.306. The van der Waals surface area contributed by atoms with E-state index in [1.165, 1.54) is 0 Å². The molecule has 0 aliphatic carbocycles. The van der Waals surface area contributed by atoms with E-state index in [4.69, 9.17) is 4.74 Å². The summed E-state index contributed by atoms with van der Waals surface area (Å²) in [6, 6.07) is 25.8. The molecule has 5 aromatic rings. The van der Waals surface area contributed by atoms with Crippen molar-refractivity contribution in [3.05, 3.63) is 96.3 Å². The molecule has 7 nitrogen and oxygen atoms in total. The topological polar surface area (TPSA) is 76.7 Å². The van der Waals surface area contributed by atoms with Crippen LogP contribution < -0.4 is 10.2 Å². The highest BCUT2D eigenvalue weighted by Gasteiger charge is 2.08. The number of fused-ring (bicyclic) bond motifs is 3. The predicted octanol–water partition coefficient (Wildman–Crippen LogP) is 4.30. The Hall–Kier alpha value is -4.26. The second kappa shape index (κ2) is 8.00. The highest BCUT2D eigenvalue weighted by atomic mass is 16.5. The van der Waals surface area contributed by atoms with Crippen molar-refractivity contribution in [1.82, 2.24) is 19.8 Å². The van der Waals surface area contributed by atoms with Crippen molar-refractivity contribution < 1.29 is 4.74 Å². The average molecular weight is 394 g/mol. The minimum atomic E-state index is 0.542. The van der Waals surface area contributed by atoms with Gasteiger partial charge in [-0.05, 0) is 35.4 Å². The van der Waals surface area contributed by atoms with Crippen LogP contribution in [0.4, 0.5) is 5.82 Å². The zero-order valence-corrected chi connectivity index (χ0v) is 16.0. The second-order valence-corrected chi connectivity index (χ2v) is 6.71. The molecule has 0 atom stereocenters. The number of hydrogen-bond acceptors (Lipinski definition) is 6. The van der Waals surface area contributed by atoms with Crippen molar-refractivity contribution in [3.8, 4) is 5.75 Å². The van der Waals surface area contributed by atoms with Crippen LogP contribution in [0.25, 0.3) is 16.4 Å². The van der Waals surface area contributed by atoms with Crippen LogP contribution in [0, 0.1) is 0 Å². The summed E-state index contributed by atoms with van der Waals surface area (Å²) in [6.07, 6.45) is 3.32. The molecule has 0 aliphatic heterocycles. The van der Waals surface area contributed by atoms with Gasteiger partial charge in [-0.15, -0.1) is 15.3 Å². The van der Waals surface area contributed by atoms with Crippen LogP contribution in [0.15, 0.2) is 90.3 Å². The van der Waals surface area contributed by atoms with Crippen molar-refractivity contribution in [2.75, 3.05) is 5.43 Å². The fourth-order valence-electron chi connectivity index (χ4n) is 3.17. The zero-order valence-electron chi connectivity index (χ0n) is 16.0. The van der Waals surface area contributed by atoms with Crippen molar-refractivity contribution >= 4 is 28.5 Å². The molecule has 0 radical (unpaired) electrons. The number of hydrazone groups is 1. The van der Waals surface area contributed by atoms with Gasteiger partial charge in [0.2, 0.25) is 0 Å². The summed E-state index contributed by atoms with van der Waals surface area (Å²) in [4.78, 5) is 0. The number of nitrogens with one attached hydrogen (secondary N) is 1. The van der Waals surface area contributed by atoms with E-state index in [2.05, 4.69) is 25.8 Å². The molecule has 2 heterocycles. The molecule has 2 aromatic heterocycles. The minimum Gasteiger partial charge on any atom is -0.489 e. The SMILES string of the molecule is C(=NNc1nn2cnnc2c2ccccc12)c1ccc(OCc2ccccc2)cc1. The lowest BCUT2D eigenvalue weighted by Crippen LogP contribution is -2.00. The molecule has 146 valence electrons. The Morgan fingerprint density at radius 1 is 0.900 bits per heavy atom. The second-order valence-electron chi connectivity index (χ2n) is 6.71. The maximum absolute atomic E-state index is 5.82. The summed E-state index contributed by atoms with van der Waals surface area (Å²) in [5.41, 5.74) is 5.83. The van der Waals surface area contributed by atoms with Gasteiger partial charge < -0.3 is 4.74 Å². The number of hydrogen-bond donors (Lipinski definition) is 1. The standard InChI is InChI=1S/C23H18N6O/c1-2-6-18(7-3-1)15-30-19-12-10-17(11-13-19)14-24-26-22-20-8-4-5-9-21(20)23-27-25-16-29(23)28-22/h1-14,16H,15H2,(H,26,28). The maximum Gasteiger partial charge on any atom is 0.185 e.